The highest BCUT2D eigenvalue weighted by molar-refractivity contribution is 14.1. The maximum atomic E-state index is 2.49. The first-order valence-electron chi connectivity index (χ1n) is 4.56. The van der Waals surface area contributed by atoms with Gasteiger partial charge in [0.2, 0.25) is 0 Å². The Bertz CT molecular complexity index is 95.0. The van der Waals surface area contributed by atoms with Gasteiger partial charge in [-0.15, -0.1) is 0 Å². The van der Waals surface area contributed by atoms with E-state index < -0.39 is 0 Å². The second-order valence-corrected chi connectivity index (χ2v) is 5.10. The summed E-state index contributed by atoms with van der Waals surface area (Å²) in [6.45, 7) is 4.49. The minimum Gasteiger partial charge on any atom is -0.0885 e. The third-order valence-electron chi connectivity index (χ3n) is 1.59. The van der Waals surface area contributed by atoms with E-state index in [1.807, 2.05) is 0 Å². The Balaban J connectivity index is 3.01. The number of alkyl halides is 1. The molecule has 0 bridgehead atoms. The molecule has 0 saturated carbocycles. The van der Waals surface area contributed by atoms with Crippen LogP contribution in [0.25, 0.3) is 0 Å². The van der Waals surface area contributed by atoms with E-state index in [2.05, 4.69) is 48.6 Å². The van der Waals surface area contributed by atoms with Gasteiger partial charge in [0.05, 0.1) is 0 Å². The van der Waals surface area contributed by atoms with Crippen molar-refractivity contribution in [1.82, 2.24) is 0 Å². The van der Waals surface area contributed by atoms with Crippen LogP contribution in [0, 0.1) is 0 Å². The summed E-state index contributed by atoms with van der Waals surface area (Å²) in [5, 5.41) is 0. The zero-order chi connectivity index (χ0) is 8.53. The molecule has 1 atom stereocenters. The van der Waals surface area contributed by atoms with E-state index in [-0.39, 0.29) is 0 Å². The molecule has 0 aliphatic heterocycles. The minimum atomic E-state index is 0.840. The smallest absolute Gasteiger partial charge is 0.00814 e. The van der Waals surface area contributed by atoms with Gasteiger partial charge in [0.1, 0.15) is 0 Å². The van der Waals surface area contributed by atoms with Crippen LogP contribution in [0.15, 0.2) is 12.2 Å². The molecule has 0 aromatic carbocycles. The molecule has 1 unspecified atom stereocenters. The van der Waals surface area contributed by atoms with Crippen molar-refractivity contribution in [2.45, 2.75) is 49.9 Å². The maximum Gasteiger partial charge on any atom is 0.00814 e. The fourth-order valence-corrected chi connectivity index (χ4v) is 1.36. The predicted octanol–water partition coefficient (Wildman–Crippen LogP) is 4.34. The predicted molar refractivity (Wildman–Crippen MR) is 61.4 cm³/mol. The summed E-state index contributed by atoms with van der Waals surface area (Å²) < 4.78 is 0.840. The molecule has 0 nitrogen and oxygen atoms in total. The summed E-state index contributed by atoms with van der Waals surface area (Å²) in [7, 11) is 0. The van der Waals surface area contributed by atoms with Crippen LogP contribution in [0.4, 0.5) is 0 Å². The summed E-state index contributed by atoms with van der Waals surface area (Å²) in [4.78, 5) is 0. The second kappa shape index (κ2) is 8.57. The van der Waals surface area contributed by atoms with Crippen molar-refractivity contribution in [3.8, 4) is 0 Å². The molecule has 0 amide bonds. The van der Waals surface area contributed by atoms with Crippen LogP contribution in [0.1, 0.15) is 46.0 Å². The molecule has 0 aliphatic carbocycles. The van der Waals surface area contributed by atoms with Gasteiger partial charge in [-0.05, 0) is 25.7 Å². The van der Waals surface area contributed by atoms with Crippen molar-refractivity contribution in [2.75, 3.05) is 0 Å². The number of rotatable bonds is 6. The molecule has 66 valence electrons. The zero-order valence-corrected chi connectivity index (χ0v) is 9.80. The molecule has 0 radical (unpaired) electrons. The Morgan fingerprint density at radius 3 is 2.45 bits per heavy atom. The van der Waals surface area contributed by atoms with Crippen LogP contribution >= 0.6 is 22.6 Å². The number of hydrogen-bond donors (Lipinski definition) is 0. The van der Waals surface area contributed by atoms with Crippen LogP contribution in [-0.4, -0.2) is 3.92 Å². The summed E-state index contributed by atoms with van der Waals surface area (Å²) in [6.07, 6.45) is 11.1. The topological polar surface area (TPSA) is 0 Å². The molecule has 0 spiro atoms. The molecule has 0 saturated heterocycles. The molecular formula is C10H19I. The molecule has 11 heavy (non-hydrogen) atoms. The highest BCUT2D eigenvalue weighted by atomic mass is 127. The van der Waals surface area contributed by atoms with Crippen LogP contribution in [0.3, 0.4) is 0 Å². The fraction of sp³-hybridized carbons (Fsp3) is 0.800. The van der Waals surface area contributed by atoms with Crippen molar-refractivity contribution in [3.05, 3.63) is 12.2 Å². The van der Waals surface area contributed by atoms with Crippen molar-refractivity contribution >= 4 is 22.6 Å². The third-order valence-corrected chi connectivity index (χ3v) is 2.22. The first-order valence-corrected chi connectivity index (χ1v) is 5.81. The Hall–Kier alpha value is 0.470. The lowest BCUT2D eigenvalue weighted by atomic mass is 10.2. The lowest BCUT2D eigenvalue weighted by Crippen LogP contribution is -1.87. The van der Waals surface area contributed by atoms with E-state index in [1.165, 1.54) is 32.1 Å². The minimum absolute atomic E-state index is 0.840. The van der Waals surface area contributed by atoms with Crippen LogP contribution < -0.4 is 0 Å². The molecule has 1 heteroatoms. The molecule has 0 aromatic heterocycles. The monoisotopic (exact) mass is 266 g/mol. The maximum absolute atomic E-state index is 2.49. The highest BCUT2D eigenvalue weighted by Crippen LogP contribution is 2.09. The average molecular weight is 266 g/mol. The number of hydrogen-bond acceptors (Lipinski definition) is 0. The van der Waals surface area contributed by atoms with Crippen molar-refractivity contribution in [1.29, 1.82) is 0 Å². The molecule has 0 heterocycles. The summed E-state index contributed by atoms with van der Waals surface area (Å²) >= 11 is 2.49. The van der Waals surface area contributed by atoms with Crippen molar-refractivity contribution < 1.29 is 0 Å². The van der Waals surface area contributed by atoms with Gasteiger partial charge in [0.25, 0.3) is 0 Å². The first-order chi connectivity index (χ1) is 5.27. The van der Waals surface area contributed by atoms with Gasteiger partial charge in [0.15, 0.2) is 0 Å². The summed E-state index contributed by atoms with van der Waals surface area (Å²) in [6, 6.07) is 0. The Morgan fingerprint density at radius 1 is 1.27 bits per heavy atom. The van der Waals surface area contributed by atoms with E-state index in [1.54, 1.807) is 0 Å². The lowest BCUT2D eigenvalue weighted by molar-refractivity contribution is 0.755. The van der Waals surface area contributed by atoms with Gasteiger partial charge in [-0.25, -0.2) is 0 Å². The van der Waals surface area contributed by atoms with Gasteiger partial charge in [-0.3, -0.25) is 0 Å². The van der Waals surface area contributed by atoms with Crippen molar-refractivity contribution in [3.63, 3.8) is 0 Å². The normalized spacial score (nSPS) is 14.1. The SMILES string of the molecule is CCC/C=C\CCCC(C)I. The average Bonchev–Trinajstić information content (AvgIpc) is 1.96. The molecule has 0 N–H and O–H groups in total. The van der Waals surface area contributed by atoms with E-state index in [0.717, 1.165) is 3.92 Å². The Morgan fingerprint density at radius 2 is 1.91 bits per heavy atom. The second-order valence-electron chi connectivity index (χ2n) is 2.97. The molecule has 0 aromatic rings. The largest absolute Gasteiger partial charge is 0.0885 e. The molecule has 0 aliphatic rings. The van der Waals surface area contributed by atoms with E-state index in [9.17, 15) is 0 Å². The van der Waals surface area contributed by atoms with Crippen molar-refractivity contribution in [2.24, 2.45) is 0 Å². The van der Waals surface area contributed by atoms with Crippen LogP contribution in [-0.2, 0) is 0 Å². The highest BCUT2D eigenvalue weighted by Gasteiger charge is 1.92. The van der Waals surface area contributed by atoms with Gasteiger partial charge in [-0.2, -0.15) is 0 Å². The van der Waals surface area contributed by atoms with Crippen LogP contribution in [0.2, 0.25) is 0 Å². The standard InChI is InChI=1S/C10H19I/c1-3-4-5-6-7-8-9-10(2)11/h5-6,10H,3-4,7-9H2,1-2H3/b6-5-. The van der Waals surface area contributed by atoms with Crippen LogP contribution in [0.5, 0.6) is 0 Å². The summed E-state index contributed by atoms with van der Waals surface area (Å²) in [5.74, 6) is 0. The van der Waals surface area contributed by atoms with E-state index in [4.69, 9.17) is 0 Å². The van der Waals surface area contributed by atoms with Gasteiger partial charge < -0.3 is 0 Å². The number of unbranched alkanes of at least 4 members (excludes halogenated alkanes) is 2. The molecule has 0 rings (SSSR count). The number of halogens is 1. The van der Waals surface area contributed by atoms with Gasteiger partial charge in [-0.1, -0.05) is 55.0 Å². The molecular weight excluding hydrogens is 247 g/mol. The van der Waals surface area contributed by atoms with Gasteiger partial charge in [0, 0.05) is 3.92 Å². The lowest BCUT2D eigenvalue weighted by Gasteiger charge is -1.98. The molecule has 0 fully saturated rings. The van der Waals surface area contributed by atoms with Gasteiger partial charge >= 0.3 is 0 Å². The van der Waals surface area contributed by atoms with E-state index in [0.29, 0.717) is 0 Å². The Labute approximate surface area is 84.6 Å². The zero-order valence-electron chi connectivity index (χ0n) is 7.65. The third kappa shape index (κ3) is 10.5. The fourth-order valence-electron chi connectivity index (χ4n) is 0.919. The number of allylic oxidation sites excluding steroid dienone is 2. The Kier molecular flexibility index (Phi) is 8.93. The summed E-state index contributed by atoms with van der Waals surface area (Å²) in [5.41, 5.74) is 0. The van der Waals surface area contributed by atoms with E-state index >= 15 is 0 Å². The quantitative estimate of drug-likeness (QED) is 0.290. The first kappa shape index (κ1) is 11.5.